The number of aromatic nitrogens is 4. The first kappa shape index (κ1) is 25.5. The van der Waals surface area contributed by atoms with Crippen LogP contribution in [0.4, 0.5) is 0 Å². The zero-order valence-electron chi connectivity index (χ0n) is 21.8. The molecule has 0 radical (unpaired) electrons. The number of nitrogens with zero attached hydrogens (tertiary/aromatic N) is 4. The molecule has 0 aliphatic rings. The van der Waals surface area contributed by atoms with Crippen LogP contribution in [0.15, 0.2) is 125 Å². The number of rotatable bonds is 10. The van der Waals surface area contributed by atoms with Gasteiger partial charge in [0.25, 0.3) is 0 Å². The van der Waals surface area contributed by atoms with E-state index in [4.69, 9.17) is 13.9 Å². The van der Waals surface area contributed by atoms with Gasteiger partial charge in [-0.3, -0.25) is 4.57 Å². The minimum absolute atomic E-state index is 0.220. The fourth-order valence-corrected chi connectivity index (χ4v) is 5.20. The van der Waals surface area contributed by atoms with Crippen LogP contribution in [0.5, 0.6) is 11.5 Å². The van der Waals surface area contributed by atoms with Gasteiger partial charge in [0, 0.05) is 16.9 Å². The molecule has 40 heavy (non-hydrogen) atoms. The SMILES string of the molecule is COc1ccccc1-n1c(COc2ccccc2-c2ccccc2)nnc1SCc1coc(-c2ccccc2)n1. The second-order valence-electron chi connectivity index (χ2n) is 8.86. The number of hydrogen-bond acceptors (Lipinski definition) is 7. The number of oxazole rings is 1. The number of benzene rings is 4. The summed E-state index contributed by atoms with van der Waals surface area (Å²) in [5.41, 5.74) is 4.68. The van der Waals surface area contributed by atoms with E-state index in [-0.39, 0.29) is 6.61 Å². The molecule has 2 heterocycles. The third-order valence-corrected chi connectivity index (χ3v) is 7.24. The van der Waals surface area contributed by atoms with E-state index in [1.807, 2.05) is 95.6 Å². The molecule has 6 aromatic rings. The van der Waals surface area contributed by atoms with Crippen molar-refractivity contribution in [3.05, 3.63) is 127 Å². The van der Waals surface area contributed by atoms with Crippen molar-refractivity contribution in [3.63, 3.8) is 0 Å². The van der Waals surface area contributed by atoms with Gasteiger partial charge in [-0.2, -0.15) is 0 Å². The van der Waals surface area contributed by atoms with E-state index in [1.54, 1.807) is 13.4 Å². The number of hydrogen-bond donors (Lipinski definition) is 0. The lowest BCUT2D eigenvalue weighted by atomic mass is 10.1. The van der Waals surface area contributed by atoms with Crippen LogP contribution < -0.4 is 9.47 Å². The summed E-state index contributed by atoms with van der Waals surface area (Å²) in [7, 11) is 1.66. The van der Waals surface area contributed by atoms with Crippen molar-refractivity contribution in [1.29, 1.82) is 0 Å². The summed E-state index contributed by atoms with van der Waals surface area (Å²) in [5, 5.41) is 9.74. The van der Waals surface area contributed by atoms with Crippen LogP contribution in [0, 0.1) is 0 Å². The molecule has 0 atom stereocenters. The predicted octanol–water partition coefficient (Wildman–Crippen LogP) is 7.47. The Hall–Kier alpha value is -4.82. The Kier molecular flexibility index (Phi) is 7.59. The van der Waals surface area contributed by atoms with Gasteiger partial charge in [-0.15, -0.1) is 10.2 Å². The van der Waals surface area contributed by atoms with Crippen LogP contribution >= 0.6 is 11.8 Å². The molecule has 198 valence electrons. The van der Waals surface area contributed by atoms with Crippen LogP contribution in [0.1, 0.15) is 11.5 Å². The number of para-hydroxylation sites is 3. The molecule has 6 rings (SSSR count). The van der Waals surface area contributed by atoms with Gasteiger partial charge in [-0.25, -0.2) is 4.98 Å². The average molecular weight is 547 g/mol. The molecule has 0 N–H and O–H groups in total. The lowest BCUT2D eigenvalue weighted by Crippen LogP contribution is -2.08. The van der Waals surface area contributed by atoms with Crippen molar-refractivity contribution < 1.29 is 13.9 Å². The van der Waals surface area contributed by atoms with E-state index in [2.05, 4.69) is 33.4 Å². The number of thioether (sulfide) groups is 1. The van der Waals surface area contributed by atoms with Crippen LogP contribution in [0.3, 0.4) is 0 Å². The molecule has 0 spiro atoms. The smallest absolute Gasteiger partial charge is 0.226 e. The summed E-state index contributed by atoms with van der Waals surface area (Å²) < 4.78 is 19.7. The summed E-state index contributed by atoms with van der Waals surface area (Å²) in [6, 6.07) is 35.8. The van der Waals surface area contributed by atoms with Crippen molar-refractivity contribution in [2.75, 3.05) is 7.11 Å². The summed E-state index contributed by atoms with van der Waals surface area (Å²) in [4.78, 5) is 4.66. The summed E-state index contributed by atoms with van der Waals surface area (Å²) in [5.74, 6) is 3.28. The first-order valence-electron chi connectivity index (χ1n) is 12.8. The minimum atomic E-state index is 0.220. The Bertz CT molecular complexity index is 1700. The van der Waals surface area contributed by atoms with Gasteiger partial charge in [-0.1, -0.05) is 90.6 Å². The Morgan fingerprint density at radius 1 is 0.750 bits per heavy atom. The highest BCUT2D eigenvalue weighted by molar-refractivity contribution is 7.98. The van der Waals surface area contributed by atoms with E-state index >= 15 is 0 Å². The quantitative estimate of drug-likeness (QED) is 0.165. The topological polar surface area (TPSA) is 75.2 Å². The molecule has 0 unspecified atom stereocenters. The molecule has 0 bridgehead atoms. The first-order valence-corrected chi connectivity index (χ1v) is 13.8. The highest BCUT2D eigenvalue weighted by Crippen LogP contribution is 2.33. The highest BCUT2D eigenvalue weighted by Gasteiger charge is 2.19. The summed E-state index contributed by atoms with van der Waals surface area (Å²) >= 11 is 1.52. The summed E-state index contributed by atoms with van der Waals surface area (Å²) in [6.45, 7) is 0.220. The van der Waals surface area contributed by atoms with Gasteiger partial charge in [0.2, 0.25) is 5.89 Å². The van der Waals surface area contributed by atoms with Gasteiger partial charge in [0.1, 0.15) is 24.4 Å². The van der Waals surface area contributed by atoms with Crippen molar-refractivity contribution >= 4 is 11.8 Å². The van der Waals surface area contributed by atoms with Crippen LogP contribution in [-0.4, -0.2) is 26.9 Å². The highest BCUT2D eigenvalue weighted by atomic mass is 32.2. The normalized spacial score (nSPS) is 10.9. The maximum absolute atomic E-state index is 6.34. The zero-order chi connectivity index (χ0) is 27.1. The van der Waals surface area contributed by atoms with Crippen molar-refractivity contribution in [2.24, 2.45) is 0 Å². The van der Waals surface area contributed by atoms with Gasteiger partial charge in [0.15, 0.2) is 11.0 Å². The van der Waals surface area contributed by atoms with Crippen molar-refractivity contribution in [2.45, 2.75) is 17.5 Å². The maximum atomic E-state index is 6.34. The van der Waals surface area contributed by atoms with E-state index in [0.717, 1.165) is 33.8 Å². The Morgan fingerprint density at radius 2 is 1.43 bits per heavy atom. The maximum Gasteiger partial charge on any atom is 0.226 e. The largest absolute Gasteiger partial charge is 0.495 e. The van der Waals surface area contributed by atoms with E-state index in [9.17, 15) is 0 Å². The Balaban J connectivity index is 1.28. The molecule has 8 heteroatoms. The monoisotopic (exact) mass is 546 g/mol. The molecule has 0 fully saturated rings. The second kappa shape index (κ2) is 11.9. The molecule has 0 aliphatic heterocycles. The van der Waals surface area contributed by atoms with Gasteiger partial charge >= 0.3 is 0 Å². The third-order valence-electron chi connectivity index (χ3n) is 6.28. The lowest BCUT2D eigenvalue weighted by Gasteiger charge is -2.15. The molecule has 2 aromatic heterocycles. The fourth-order valence-electron chi connectivity index (χ4n) is 4.36. The Morgan fingerprint density at radius 3 is 2.20 bits per heavy atom. The van der Waals surface area contributed by atoms with E-state index in [0.29, 0.717) is 28.4 Å². The molecule has 4 aromatic carbocycles. The predicted molar refractivity (Wildman–Crippen MR) is 156 cm³/mol. The van der Waals surface area contributed by atoms with Gasteiger partial charge in [0.05, 0.1) is 18.5 Å². The Labute approximate surface area is 236 Å². The van der Waals surface area contributed by atoms with Crippen LogP contribution in [-0.2, 0) is 12.4 Å². The first-order chi connectivity index (χ1) is 19.8. The lowest BCUT2D eigenvalue weighted by molar-refractivity contribution is 0.293. The molecule has 0 amide bonds. The molecule has 0 saturated carbocycles. The molecule has 7 nitrogen and oxygen atoms in total. The van der Waals surface area contributed by atoms with E-state index < -0.39 is 0 Å². The van der Waals surface area contributed by atoms with E-state index in [1.165, 1.54) is 11.8 Å². The summed E-state index contributed by atoms with van der Waals surface area (Å²) in [6.07, 6.45) is 1.68. The van der Waals surface area contributed by atoms with Gasteiger partial charge < -0.3 is 13.9 Å². The van der Waals surface area contributed by atoms with Crippen molar-refractivity contribution in [1.82, 2.24) is 19.7 Å². The second-order valence-corrected chi connectivity index (χ2v) is 9.80. The zero-order valence-corrected chi connectivity index (χ0v) is 22.6. The standard InChI is InChI=1S/C32H26N4O3S/c1-37-29-19-11-9-17-27(29)36-30(21-38-28-18-10-8-16-26(28)23-12-4-2-5-13-23)34-35-32(36)40-22-25-20-39-31(33-25)24-14-6-3-7-15-24/h2-20H,21-22H2,1H3. The molecule has 0 saturated heterocycles. The fraction of sp³-hybridized carbons (Fsp3) is 0.0938. The van der Waals surface area contributed by atoms with Gasteiger partial charge in [-0.05, 0) is 35.9 Å². The third kappa shape index (κ3) is 5.48. The molecule has 0 aliphatic carbocycles. The van der Waals surface area contributed by atoms with Crippen LogP contribution in [0.2, 0.25) is 0 Å². The minimum Gasteiger partial charge on any atom is -0.495 e. The van der Waals surface area contributed by atoms with Crippen LogP contribution in [0.25, 0.3) is 28.3 Å². The molecular weight excluding hydrogens is 520 g/mol. The average Bonchev–Trinajstić information content (AvgIpc) is 3.67. The number of methoxy groups -OCH3 is 1. The number of ether oxygens (including phenoxy) is 2. The molecular formula is C32H26N4O3S. The van der Waals surface area contributed by atoms with Crippen molar-refractivity contribution in [3.8, 4) is 39.8 Å².